The summed E-state index contributed by atoms with van der Waals surface area (Å²) in [5, 5.41) is 2.40. The fraction of sp³-hybridized carbons (Fsp3) is 0.800. The van der Waals surface area contributed by atoms with Crippen LogP contribution in [0.25, 0.3) is 0 Å². The second kappa shape index (κ2) is 6.49. The number of alkyl halides is 3. The van der Waals surface area contributed by atoms with E-state index in [0.29, 0.717) is 0 Å². The van der Waals surface area contributed by atoms with Gasteiger partial charge in [-0.2, -0.15) is 13.2 Å². The molecule has 1 heterocycles. The average molecular weight is 299 g/mol. The van der Waals surface area contributed by atoms with Gasteiger partial charge in [0, 0.05) is 20.1 Å². The standard InChI is InChI=1S/C10H16F3N3O2S/c1-15-9(17)7-5-18-3-2-16(7)4-6(8(14)19)10(11,12)13/h6-7H,2-5H2,1H3,(H2,14,19)(H,15,17). The van der Waals surface area contributed by atoms with E-state index in [2.05, 4.69) is 17.5 Å². The highest BCUT2D eigenvalue weighted by atomic mass is 32.1. The highest BCUT2D eigenvalue weighted by Crippen LogP contribution is 2.28. The van der Waals surface area contributed by atoms with Crippen LogP contribution in [0.4, 0.5) is 13.2 Å². The maximum absolute atomic E-state index is 12.8. The van der Waals surface area contributed by atoms with Crippen LogP contribution in [0.5, 0.6) is 0 Å². The molecule has 1 aliphatic rings. The first kappa shape index (κ1) is 16.1. The van der Waals surface area contributed by atoms with E-state index in [4.69, 9.17) is 10.5 Å². The molecular formula is C10H16F3N3O2S. The molecule has 19 heavy (non-hydrogen) atoms. The van der Waals surface area contributed by atoms with Crippen LogP contribution in [0.1, 0.15) is 0 Å². The Kier molecular flexibility index (Phi) is 5.50. The van der Waals surface area contributed by atoms with Crippen molar-refractivity contribution in [3.05, 3.63) is 0 Å². The van der Waals surface area contributed by atoms with Crippen LogP contribution in [0.3, 0.4) is 0 Å². The summed E-state index contributed by atoms with van der Waals surface area (Å²) in [6.45, 7) is 0.130. The first-order chi connectivity index (χ1) is 8.77. The van der Waals surface area contributed by atoms with Crippen molar-refractivity contribution in [2.75, 3.05) is 33.4 Å². The molecule has 1 rings (SSSR count). The maximum atomic E-state index is 12.8. The summed E-state index contributed by atoms with van der Waals surface area (Å²) in [4.78, 5) is 12.4. The van der Waals surface area contributed by atoms with Gasteiger partial charge in [-0.25, -0.2) is 0 Å². The molecule has 0 aromatic carbocycles. The van der Waals surface area contributed by atoms with Crippen LogP contribution >= 0.6 is 12.2 Å². The number of carbonyl (C=O) groups is 1. The lowest BCUT2D eigenvalue weighted by atomic mass is 10.1. The number of morpholine rings is 1. The number of nitrogens with zero attached hydrogens (tertiary/aromatic N) is 1. The van der Waals surface area contributed by atoms with E-state index in [9.17, 15) is 18.0 Å². The van der Waals surface area contributed by atoms with Gasteiger partial charge in [0.05, 0.1) is 18.2 Å². The van der Waals surface area contributed by atoms with E-state index in [1.54, 1.807) is 0 Å². The van der Waals surface area contributed by atoms with Crippen molar-refractivity contribution in [1.82, 2.24) is 10.2 Å². The highest BCUT2D eigenvalue weighted by Gasteiger charge is 2.44. The van der Waals surface area contributed by atoms with Crippen molar-refractivity contribution in [2.24, 2.45) is 11.7 Å². The Morgan fingerprint density at radius 2 is 2.26 bits per heavy atom. The zero-order valence-corrected chi connectivity index (χ0v) is 11.2. The van der Waals surface area contributed by atoms with Crippen LogP contribution < -0.4 is 11.1 Å². The van der Waals surface area contributed by atoms with Crippen LogP contribution in [0, 0.1) is 5.92 Å². The second-order valence-corrected chi connectivity index (χ2v) is 4.67. The van der Waals surface area contributed by atoms with Gasteiger partial charge in [0.2, 0.25) is 5.91 Å². The third-order valence-electron chi connectivity index (χ3n) is 2.94. The lowest BCUT2D eigenvalue weighted by Gasteiger charge is -2.36. The number of hydrogen-bond donors (Lipinski definition) is 2. The topological polar surface area (TPSA) is 67.6 Å². The zero-order chi connectivity index (χ0) is 14.6. The molecule has 0 aromatic rings. The highest BCUT2D eigenvalue weighted by molar-refractivity contribution is 7.80. The molecule has 1 saturated heterocycles. The average Bonchev–Trinajstić information content (AvgIpc) is 2.33. The molecule has 5 nitrogen and oxygen atoms in total. The first-order valence-corrected chi connectivity index (χ1v) is 6.07. The predicted octanol–water partition coefficient (Wildman–Crippen LogP) is -0.102. The summed E-state index contributed by atoms with van der Waals surface area (Å²) in [5.41, 5.74) is 5.15. The monoisotopic (exact) mass is 299 g/mol. The van der Waals surface area contributed by atoms with Gasteiger partial charge < -0.3 is 15.8 Å². The second-order valence-electron chi connectivity index (χ2n) is 4.20. The maximum Gasteiger partial charge on any atom is 0.399 e. The Bertz CT molecular complexity index is 351. The van der Waals surface area contributed by atoms with Crippen molar-refractivity contribution < 1.29 is 22.7 Å². The van der Waals surface area contributed by atoms with Crippen LogP contribution in [-0.4, -0.2) is 61.4 Å². The predicted molar refractivity (Wildman–Crippen MR) is 66.6 cm³/mol. The molecule has 3 N–H and O–H groups in total. The molecule has 2 unspecified atom stereocenters. The number of halogens is 3. The number of amides is 1. The number of carbonyl (C=O) groups excluding carboxylic acids is 1. The van der Waals surface area contributed by atoms with Gasteiger partial charge in [0.25, 0.3) is 0 Å². The SMILES string of the molecule is CNC(=O)C1COCCN1CC(C(N)=S)C(F)(F)F. The largest absolute Gasteiger partial charge is 0.399 e. The van der Waals surface area contributed by atoms with Crippen LogP contribution in [0.15, 0.2) is 0 Å². The molecule has 1 amide bonds. The smallest absolute Gasteiger partial charge is 0.393 e. The lowest BCUT2D eigenvalue weighted by Crippen LogP contribution is -2.56. The number of hydrogen-bond acceptors (Lipinski definition) is 4. The van der Waals surface area contributed by atoms with E-state index < -0.39 is 29.7 Å². The third kappa shape index (κ3) is 4.29. The molecule has 0 aliphatic carbocycles. The van der Waals surface area contributed by atoms with Gasteiger partial charge in [-0.05, 0) is 0 Å². The molecule has 110 valence electrons. The summed E-state index contributed by atoms with van der Waals surface area (Å²) >= 11 is 4.47. The van der Waals surface area contributed by atoms with Crippen molar-refractivity contribution >= 4 is 23.1 Å². The minimum Gasteiger partial charge on any atom is -0.393 e. The molecular weight excluding hydrogens is 283 g/mol. The van der Waals surface area contributed by atoms with E-state index in [1.807, 2.05) is 0 Å². The van der Waals surface area contributed by atoms with E-state index in [0.717, 1.165) is 0 Å². The fourth-order valence-corrected chi connectivity index (χ4v) is 2.06. The molecule has 0 bridgehead atoms. The Morgan fingerprint density at radius 1 is 1.63 bits per heavy atom. The molecule has 0 radical (unpaired) electrons. The van der Waals surface area contributed by atoms with E-state index in [-0.39, 0.29) is 25.7 Å². The Hall–Kier alpha value is -0.930. The van der Waals surface area contributed by atoms with Gasteiger partial charge in [-0.1, -0.05) is 12.2 Å². The summed E-state index contributed by atoms with van der Waals surface area (Å²) in [6, 6.07) is -0.752. The first-order valence-electron chi connectivity index (χ1n) is 5.66. The number of likely N-dealkylation sites (N-methyl/N-ethyl adjacent to an activating group) is 1. The summed E-state index contributed by atoms with van der Waals surface area (Å²) < 4.78 is 43.5. The Labute approximate surface area is 114 Å². The number of ether oxygens (including phenoxy) is 1. The van der Waals surface area contributed by atoms with Gasteiger partial charge >= 0.3 is 6.18 Å². The molecule has 2 atom stereocenters. The van der Waals surface area contributed by atoms with Crippen LogP contribution in [0.2, 0.25) is 0 Å². The zero-order valence-electron chi connectivity index (χ0n) is 10.4. The van der Waals surface area contributed by atoms with Crippen LogP contribution in [-0.2, 0) is 9.53 Å². The van der Waals surface area contributed by atoms with E-state index >= 15 is 0 Å². The van der Waals surface area contributed by atoms with Crippen molar-refractivity contribution in [2.45, 2.75) is 12.2 Å². The molecule has 9 heteroatoms. The molecule has 0 aromatic heterocycles. The Morgan fingerprint density at radius 3 is 2.74 bits per heavy atom. The van der Waals surface area contributed by atoms with E-state index in [1.165, 1.54) is 11.9 Å². The lowest BCUT2D eigenvalue weighted by molar-refractivity contribution is -0.166. The molecule has 0 saturated carbocycles. The number of thiocarbonyl (C=S) groups is 1. The summed E-state index contributed by atoms with van der Waals surface area (Å²) in [5.74, 6) is -2.31. The van der Waals surface area contributed by atoms with Gasteiger partial charge in [-0.15, -0.1) is 0 Å². The number of nitrogens with two attached hydrogens (primary N) is 1. The molecule has 0 spiro atoms. The molecule has 1 aliphatic heterocycles. The minimum absolute atomic E-state index is 0.0571. The molecule has 1 fully saturated rings. The van der Waals surface area contributed by atoms with Gasteiger partial charge in [-0.3, -0.25) is 9.69 Å². The summed E-state index contributed by atoms with van der Waals surface area (Å²) in [7, 11) is 1.42. The summed E-state index contributed by atoms with van der Waals surface area (Å²) in [6.07, 6.45) is -4.52. The van der Waals surface area contributed by atoms with Crippen molar-refractivity contribution in [3.63, 3.8) is 0 Å². The minimum atomic E-state index is -4.52. The number of nitrogens with one attached hydrogen (secondary N) is 1. The van der Waals surface area contributed by atoms with Gasteiger partial charge in [0.15, 0.2) is 0 Å². The normalized spacial score (nSPS) is 22.8. The van der Waals surface area contributed by atoms with Crippen molar-refractivity contribution in [1.29, 1.82) is 0 Å². The fourth-order valence-electron chi connectivity index (χ4n) is 1.85. The van der Waals surface area contributed by atoms with Crippen molar-refractivity contribution in [3.8, 4) is 0 Å². The number of rotatable bonds is 4. The third-order valence-corrected chi connectivity index (χ3v) is 3.23. The quantitative estimate of drug-likeness (QED) is 0.710. The Balaban J connectivity index is 2.80. The van der Waals surface area contributed by atoms with Gasteiger partial charge in [0.1, 0.15) is 12.0 Å².